The van der Waals surface area contributed by atoms with Gasteiger partial charge in [0.25, 0.3) is 0 Å². The molecular formula is C11H16O2. The van der Waals surface area contributed by atoms with Gasteiger partial charge in [-0.15, -0.1) is 0 Å². The van der Waals surface area contributed by atoms with Crippen LogP contribution >= 0.6 is 0 Å². The van der Waals surface area contributed by atoms with Crippen molar-refractivity contribution < 1.29 is 9.59 Å². The quantitative estimate of drug-likeness (QED) is 0.492. The molecule has 2 heteroatoms. The molecule has 1 aliphatic carbocycles. The normalized spacial score (nSPS) is 33.4. The highest BCUT2D eigenvalue weighted by molar-refractivity contribution is 5.83. The summed E-state index contributed by atoms with van der Waals surface area (Å²) in [5.74, 6) is 0.528. The fourth-order valence-electron chi connectivity index (χ4n) is 2.30. The van der Waals surface area contributed by atoms with Gasteiger partial charge in [-0.25, -0.2) is 0 Å². The lowest BCUT2D eigenvalue weighted by Crippen LogP contribution is -2.25. The summed E-state index contributed by atoms with van der Waals surface area (Å²) in [5, 5.41) is 0. The van der Waals surface area contributed by atoms with E-state index in [-0.39, 0.29) is 17.1 Å². The Morgan fingerprint density at radius 1 is 1.77 bits per heavy atom. The Balaban J connectivity index is 2.96. The molecule has 0 spiro atoms. The summed E-state index contributed by atoms with van der Waals surface area (Å²) in [6.07, 6.45) is 2.45. The van der Waals surface area contributed by atoms with E-state index in [1.54, 1.807) is 0 Å². The molecule has 1 saturated carbocycles. The van der Waals surface area contributed by atoms with Gasteiger partial charge in [0, 0.05) is 24.7 Å². The highest BCUT2D eigenvalue weighted by atomic mass is 16.1. The highest BCUT2D eigenvalue weighted by Crippen LogP contribution is 2.48. The van der Waals surface area contributed by atoms with E-state index in [9.17, 15) is 9.59 Å². The third-order valence-electron chi connectivity index (χ3n) is 3.29. The van der Waals surface area contributed by atoms with Gasteiger partial charge in [0.2, 0.25) is 0 Å². The molecule has 0 amide bonds. The van der Waals surface area contributed by atoms with E-state index in [2.05, 4.69) is 6.58 Å². The standard InChI is InChI=1S/C11H16O2/c1-8(2)11(4-5-12)7-10(13)6-9(11)3/h5,9H,1,4,6-7H2,2-3H3/t9-,11+/m0/s1. The summed E-state index contributed by atoms with van der Waals surface area (Å²) in [6.45, 7) is 7.85. The van der Waals surface area contributed by atoms with Crippen molar-refractivity contribution in [2.45, 2.75) is 33.1 Å². The van der Waals surface area contributed by atoms with E-state index < -0.39 is 0 Å². The molecule has 2 atom stereocenters. The Morgan fingerprint density at radius 2 is 2.38 bits per heavy atom. The van der Waals surface area contributed by atoms with Gasteiger partial charge in [-0.2, -0.15) is 0 Å². The summed E-state index contributed by atoms with van der Waals surface area (Å²) >= 11 is 0. The number of allylic oxidation sites excluding steroid dienone is 1. The van der Waals surface area contributed by atoms with E-state index in [0.29, 0.717) is 19.3 Å². The Hall–Kier alpha value is -0.920. The fraction of sp³-hybridized carbons (Fsp3) is 0.636. The number of carbonyl (C=O) groups is 2. The molecule has 0 aliphatic heterocycles. The lowest BCUT2D eigenvalue weighted by atomic mass is 9.71. The predicted molar refractivity (Wildman–Crippen MR) is 51.3 cm³/mol. The topological polar surface area (TPSA) is 34.1 Å². The molecule has 0 unspecified atom stereocenters. The predicted octanol–water partition coefficient (Wildman–Crippen LogP) is 2.14. The minimum atomic E-state index is -0.237. The second kappa shape index (κ2) is 3.44. The first-order chi connectivity index (χ1) is 6.03. The monoisotopic (exact) mass is 180 g/mol. The molecular weight excluding hydrogens is 164 g/mol. The van der Waals surface area contributed by atoms with Crippen LogP contribution in [0.25, 0.3) is 0 Å². The molecule has 13 heavy (non-hydrogen) atoms. The maximum atomic E-state index is 11.3. The Kier molecular flexibility index (Phi) is 2.69. The van der Waals surface area contributed by atoms with E-state index in [1.165, 1.54) is 0 Å². The maximum Gasteiger partial charge on any atom is 0.134 e. The minimum absolute atomic E-state index is 0.237. The van der Waals surface area contributed by atoms with Crippen LogP contribution < -0.4 is 0 Å². The Bertz CT molecular complexity index is 255. The number of Topliss-reactive ketones (excluding diaryl/α,β-unsaturated/α-hetero) is 1. The number of aldehydes is 1. The van der Waals surface area contributed by atoms with Crippen LogP contribution in [0.5, 0.6) is 0 Å². The zero-order valence-corrected chi connectivity index (χ0v) is 8.30. The SMILES string of the molecule is C=C(C)[C@@]1(CC=O)CC(=O)C[C@@H]1C. The molecule has 0 aromatic heterocycles. The van der Waals surface area contributed by atoms with Crippen LogP contribution in [-0.4, -0.2) is 12.1 Å². The fourth-order valence-corrected chi connectivity index (χ4v) is 2.30. The lowest BCUT2D eigenvalue weighted by Gasteiger charge is -2.31. The summed E-state index contributed by atoms with van der Waals surface area (Å²) in [5.41, 5.74) is 0.733. The van der Waals surface area contributed by atoms with Crippen LogP contribution in [0.4, 0.5) is 0 Å². The van der Waals surface area contributed by atoms with Crippen molar-refractivity contribution >= 4 is 12.1 Å². The molecule has 0 N–H and O–H groups in total. The zero-order valence-electron chi connectivity index (χ0n) is 8.30. The second-order valence-corrected chi connectivity index (χ2v) is 4.13. The average molecular weight is 180 g/mol. The Labute approximate surface area is 79.0 Å². The summed E-state index contributed by atoms with van der Waals surface area (Å²) in [6, 6.07) is 0. The van der Waals surface area contributed by atoms with Crippen molar-refractivity contribution in [1.82, 2.24) is 0 Å². The first-order valence-electron chi connectivity index (χ1n) is 4.64. The number of rotatable bonds is 3. The van der Waals surface area contributed by atoms with E-state index in [1.807, 2.05) is 13.8 Å². The van der Waals surface area contributed by atoms with Gasteiger partial charge in [-0.05, 0) is 12.8 Å². The molecule has 1 rings (SSSR count). The molecule has 72 valence electrons. The van der Waals surface area contributed by atoms with Gasteiger partial charge in [-0.1, -0.05) is 19.1 Å². The van der Waals surface area contributed by atoms with Gasteiger partial charge < -0.3 is 4.79 Å². The molecule has 0 saturated heterocycles. The summed E-state index contributed by atoms with van der Waals surface area (Å²) in [7, 11) is 0. The first kappa shape index (κ1) is 10.2. The van der Waals surface area contributed by atoms with E-state index in [4.69, 9.17) is 0 Å². The summed E-state index contributed by atoms with van der Waals surface area (Å²) in [4.78, 5) is 21.9. The van der Waals surface area contributed by atoms with Crippen LogP contribution in [0.3, 0.4) is 0 Å². The van der Waals surface area contributed by atoms with Gasteiger partial charge in [-0.3, -0.25) is 4.79 Å². The van der Waals surface area contributed by atoms with Crippen LogP contribution in [0, 0.1) is 11.3 Å². The van der Waals surface area contributed by atoms with Crippen molar-refractivity contribution in [3.8, 4) is 0 Å². The molecule has 1 aliphatic rings. The van der Waals surface area contributed by atoms with E-state index in [0.717, 1.165) is 11.9 Å². The zero-order chi connectivity index (χ0) is 10.1. The number of ketones is 1. The molecule has 1 fully saturated rings. The number of hydrogen-bond donors (Lipinski definition) is 0. The molecule has 0 bridgehead atoms. The van der Waals surface area contributed by atoms with Crippen LogP contribution in [-0.2, 0) is 9.59 Å². The minimum Gasteiger partial charge on any atom is -0.303 e. The van der Waals surface area contributed by atoms with Gasteiger partial charge >= 0.3 is 0 Å². The van der Waals surface area contributed by atoms with Crippen molar-refractivity contribution in [1.29, 1.82) is 0 Å². The molecule has 0 aromatic rings. The Morgan fingerprint density at radius 3 is 2.69 bits per heavy atom. The number of carbonyl (C=O) groups excluding carboxylic acids is 2. The molecule has 0 radical (unpaired) electrons. The second-order valence-electron chi connectivity index (χ2n) is 4.13. The van der Waals surface area contributed by atoms with E-state index >= 15 is 0 Å². The first-order valence-corrected chi connectivity index (χ1v) is 4.64. The smallest absolute Gasteiger partial charge is 0.134 e. The van der Waals surface area contributed by atoms with Crippen molar-refractivity contribution in [2.24, 2.45) is 11.3 Å². The largest absolute Gasteiger partial charge is 0.303 e. The van der Waals surface area contributed by atoms with Crippen LogP contribution in [0.15, 0.2) is 12.2 Å². The summed E-state index contributed by atoms with van der Waals surface area (Å²) < 4.78 is 0. The average Bonchev–Trinajstić information content (AvgIpc) is 2.28. The molecule has 0 heterocycles. The van der Waals surface area contributed by atoms with Crippen molar-refractivity contribution in [3.63, 3.8) is 0 Å². The number of hydrogen-bond acceptors (Lipinski definition) is 2. The van der Waals surface area contributed by atoms with Crippen molar-refractivity contribution in [2.75, 3.05) is 0 Å². The van der Waals surface area contributed by atoms with Gasteiger partial charge in [0.15, 0.2) is 0 Å². The van der Waals surface area contributed by atoms with Gasteiger partial charge in [0.05, 0.1) is 0 Å². The third kappa shape index (κ3) is 1.58. The molecule has 0 aromatic carbocycles. The van der Waals surface area contributed by atoms with Crippen LogP contribution in [0.1, 0.15) is 33.1 Å². The third-order valence-corrected chi connectivity index (χ3v) is 3.29. The lowest BCUT2D eigenvalue weighted by molar-refractivity contribution is -0.118. The van der Waals surface area contributed by atoms with Crippen molar-refractivity contribution in [3.05, 3.63) is 12.2 Å². The van der Waals surface area contributed by atoms with Crippen LogP contribution in [0.2, 0.25) is 0 Å². The highest BCUT2D eigenvalue weighted by Gasteiger charge is 2.44. The molecule has 2 nitrogen and oxygen atoms in total. The van der Waals surface area contributed by atoms with Gasteiger partial charge in [0.1, 0.15) is 12.1 Å². The maximum absolute atomic E-state index is 11.3.